The summed E-state index contributed by atoms with van der Waals surface area (Å²) in [6.45, 7) is 6.87. The molecule has 3 aromatic rings. The first-order chi connectivity index (χ1) is 14.9. The average molecular weight is 419 g/mol. The van der Waals surface area contributed by atoms with Crippen LogP contribution in [0.3, 0.4) is 0 Å². The summed E-state index contributed by atoms with van der Waals surface area (Å²) >= 11 is 0. The van der Waals surface area contributed by atoms with Gasteiger partial charge in [0, 0.05) is 31.4 Å². The fourth-order valence-electron chi connectivity index (χ4n) is 5.02. The number of hydrogen-bond acceptors (Lipinski definition) is 3. The molecule has 4 rings (SSSR count). The highest BCUT2D eigenvalue weighted by Crippen LogP contribution is 2.40. The first-order valence-electron chi connectivity index (χ1n) is 11.4. The molecule has 0 aliphatic heterocycles. The highest BCUT2D eigenvalue weighted by molar-refractivity contribution is 5.97. The van der Waals surface area contributed by atoms with Gasteiger partial charge in [0.1, 0.15) is 0 Å². The van der Waals surface area contributed by atoms with Crippen LogP contribution in [0.5, 0.6) is 0 Å². The predicted molar refractivity (Wildman–Crippen MR) is 128 cm³/mol. The molecular formula is C26H34N4O. The van der Waals surface area contributed by atoms with Crippen LogP contribution in [0.25, 0.3) is 11.0 Å². The van der Waals surface area contributed by atoms with E-state index < -0.39 is 0 Å². The highest BCUT2D eigenvalue weighted by atomic mass is 16.2. The number of hydrogen-bond donors (Lipinski definition) is 1. The normalized spacial score (nSPS) is 21.3. The Morgan fingerprint density at radius 1 is 1.06 bits per heavy atom. The summed E-state index contributed by atoms with van der Waals surface area (Å²) in [5.41, 5.74) is 4.99. The number of imidazole rings is 1. The topological polar surface area (TPSA) is 50.2 Å². The minimum atomic E-state index is 0.000949. The van der Waals surface area contributed by atoms with Gasteiger partial charge < -0.3 is 14.8 Å². The quantitative estimate of drug-likeness (QED) is 0.549. The smallest absolute Gasteiger partial charge is 0.253 e. The van der Waals surface area contributed by atoms with Crippen LogP contribution in [0.2, 0.25) is 0 Å². The van der Waals surface area contributed by atoms with Gasteiger partial charge in [-0.2, -0.15) is 0 Å². The Labute approximate surface area is 185 Å². The van der Waals surface area contributed by atoms with Gasteiger partial charge in [0.25, 0.3) is 5.91 Å². The Morgan fingerprint density at radius 2 is 1.74 bits per heavy atom. The second-order valence-corrected chi connectivity index (χ2v) is 9.46. The minimum Gasteiger partial charge on any atom is -0.345 e. The second-order valence-electron chi connectivity index (χ2n) is 9.46. The van der Waals surface area contributed by atoms with E-state index in [9.17, 15) is 4.79 Å². The molecule has 0 spiro atoms. The van der Waals surface area contributed by atoms with Gasteiger partial charge in [0.05, 0.1) is 11.0 Å². The molecule has 5 nitrogen and oxygen atoms in total. The molecule has 1 N–H and O–H groups in total. The molecule has 2 atom stereocenters. The van der Waals surface area contributed by atoms with Gasteiger partial charge in [-0.1, -0.05) is 32.9 Å². The molecule has 0 radical (unpaired) electrons. The van der Waals surface area contributed by atoms with Gasteiger partial charge >= 0.3 is 0 Å². The average Bonchev–Trinajstić information content (AvgIpc) is 3.09. The zero-order chi connectivity index (χ0) is 22.1. The number of rotatable bonds is 5. The van der Waals surface area contributed by atoms with Crippen molar-refractivity contribution in [2.24, 2.45) is 11.8 Å². The third-order valence-electron chi connectivity index (χ3n) is 6.48. The Morgan fingerprint density at radius 3 is 2.35 bits per heavy atom. The maximum atomic E-state index is 12.5. The summed E-state index contributed by atoms with van der Waals surface area (Å²) in [5.74, 6) is 2.25. The zero-order valence-corrected chi connectivity index (χ0v) is 19.4. The number of aryl methyl sites for hydroxylation is 1. The lowest BCUT2D eigenvalue weighted by Gasteiger charge is -2.33. The number of anilines is 2. The van der Waals surface area contributed by atoms with E-state index in [1.807, 2.05) is 12.1 Å². The van der Waals surface area contributed by atoms with Crippen molar-refractivity contribution in [1.82, 2.24) is 14.5 Å². The monoisotopic (exact) mass is 418 g/mol. The standard InChI is InChI=1S/C26H34N4O/c1-6-19-7-10-21(11-8-19)27-26-28-23-16-20(25(31)29(4)5)9-12-24(23)30(26)22-14-17(2)13-18(3)15-22/h7-12,16-18,22H,6,13-15H2,1-5H3,(H,27,28). The summed E-state index contributed by atoms with van der Waals surface area (Å²) in [5, 5.41) is 3.57. The van der Waals surface area contributed by atoms with Crippen molar-refractivity contribution < 1.29 is 4.79 Å². The van der Waals surface area contributed by atoms with Gasteiger partial charge in [-0.25, -0.2) is 4.98 Å². The number of amides is 1. The molecule has 164 valence electrons. The number of benzene rings is 2. The van der Waals surface area contributed by atoms with E-state index >= 15 is 0 Å². The van der Waals surface area contributed by atoms with Crippen LogP contribution in [0.4, 0.5) is 11.6 Å². The van der Waals surface area contributed by atoms with Crippen LogP contribution in [0.15, 0.2) is 42.5 Å². The van der Waals surface area contributed by atoms with E-state index in [1.54, 1.807) is 19.0 Å². The summed E-state index contributed by atoms with van der Waals surface area (Å²) < 4.78 is 2.37. The first-order valence-corrected chi connectivity index (χ1v) is 11.4. The first kappa shape index (κ1) is 21.4. The predicted octanol–water partition coefficient (Wildman–Crippen LogP) is 6.04. The van der Waals surface area contributed by atoms with Crippen molar-refractivity contribution in [3.63, 3.8) is 0 Å². The Bertz CT molecular complexity index is 1060. The molecule has 2 unspecified atom stereocenters. The van der Waals surface area contributed by atoms with Crippen molar-refractivity contribution >= 4 is 28.6 Å². The minimum absolute atomic E-state index is 0.000949. The molecule has 1 saturated carbocycles. The summed E-state index contributed by atoms with van der Waals surface area (Å²) in [4.78, 5) is 19.1. The molecule has 1 heterocycles. The maximum Gasteiger partial charge on any atom is 0.253 e. The lowest BCUT2D eigenvalue weighted by molar-refractivity contribution is 0.0827. The Hall–Kier alpha value is -2.82. The molecular weight excluding hydrogens is 384 g/mol. The lowest BCUT2D eigenvalue weighted by atomic mass is 9.80. The third-order valence-corrected chi connectivity index (χ3v) is 6.48. The van der Waals surface area contributed by atoms with Crippen LogP contribution in [-0.4, -0.2) is 34.5 Å². The number of nitrogens with zero attached hydrogens (tertiary/aromatic N) is 3. The number of fused-ring (bicyclic) bond motifs is 1. The Balaban J connectivity index is 1.78. The van der Waals surface area contributed by atoms with Crippen molar-refractivity contribution in [2.45, 2.75) is 52.5 Å². The second kappa shape index (κ2) is 8.74. The van der Waals surface area contributed by atoms with Crippen molar-refractivity contribution in [1.29, 1.82) is 0 Å². The van der Waals surface area contributed by atoms with E-state index in [1.165, 1.54) is 12.0 Å². The summed E-state index contributed by atoms with van der Waals surface area (Å²) in [6, 6.07) is 14.9. The van der Waals surface area contributed by atoms with Gasteiger partial charge in [-0.05, 0) is 73.4 Å². The molecule has 1 amide bonds. The molecule has 1 aromatic heterocycles. The van der Waals surface area contributed by atoms with Crippen LogP contribution in [0.1, 0.15) is 62.0 Å². The molecule has 0 saturated heterocycles. The van der Waals surface area contributed by atoms with Crippen LogP contribution < -0.4 is 5.32 Å². The Kier molecular flexibility index (Phi) is 6.03. The number of aromatic nitrogens is 2. The van der Waals surface area contributed by atoms with Gasteiger partial charge in [0.15, 0.2) is 0 Å². The highest BCUT2D eigenvalue weighted by Gasteiger charge is 2.28. The fourth-order valence-corrected chi connectivity index (χ4v) is 5.02. The van der Waals surface area contributed by atoms with Crippen LogP contribution in [0, 0.1) is 11.8 Å². The molecule has 1 aliphatic carbocycles. The summed E-state index contributed by atoms with van der Waals surface area (Å²) in [7, 11) is 3.56. The number of carbonyl (C=O) groups excluding carboxylic acids is 1. The number of nitrogens with one attached hydrogen (secondary N) is 1. The van der Waals surface area contributed by atoms with E-state index in [-0.39, 0.29) is 5.91 Å². The van der Waals surface area contributed by atoms with Crippen LogP contribution in [-0.2, 0) is 6.42 Å². The van der Waals surface area contributed by atoms with Gasteiger partial charge in [0.2, 0.25) is 5.95 Å². The number of carbonyl (C=O) groups is 1. The summed E-state index contributed by atoms with van der Waals surface area (Å²) in [6.07, 6.45) is 4.61. The molecule has 1 fully saturated rings. The molecule has 0 bridgehead atoms. The van der Waals surface area contributed by atoms with E-state index in [2.05, 4.69) is 61.0 Å². The molecule has 2 aromatic carbocycles. The van der Waals surface area contributed by atoms with Crippen molar-refractivity contribution in [3.8, 4) is 0 Å². The molecule has 1 aliphatic rings. The maximum absolute atomic E-state index is 12.5. The van der Waals surface area contributed by atoms with Crippen molar-refractivity contribution in [3.05, 3.63) is 53.6 Å². The largest absolute Gasteiger partial charge is 0.345 e. The third kappa shape index (κ3) is 4.46. The molecule has 5 heteroatoms. The van der Waals surface area contributed by atoms with Crippen LogP contribution >= 0.6 is 0 Å². The van der Waals surface area contributed by atoms with E-state index in [0.29, 0.717) is 23.4 Å². The SMILES string of the molecule is CCc1ccc(Nc2nc3cc(C(=O)N(C)C)ccc3n2C2CC(C)CC(C)C2)cc1. The van der Waals surface area contributed by atoms with E-state index in [4.69, 9.17) is 4.98 Å². The van der Waals surface area contributed by atoms with Gasteiger partial charge in [-0.3, -0.25) is 4.79 Å². The zero-order valence-electron chi connectivity index (χ0n) is 19.4. The van der Waals surface area contributed by atoms with E-state index in [0.717, 1.165) is 41.9 Å². The van der Waals surface area contributed by atoms with Gasteiger partial charge in [-0.15, -0.1) is 0 Å². The lowest BCUT2D eigenvalue weighted by Crippen LogP contribution is -2.23. The fraction of sp³-hybridized carbons (Fsp3) is 0.462. The molecule has 31 heavy (non-hydrogen) atoms. The van der Waals surface area contributed by atoms with Crippen molar-refractivity contribution in [2.75, 3.05) is 19.4 Å².